The van der Waals surface area contributed by atoms with E-state index in [-0.39, 0.29) is 17.8 Å². The molecule has 1 amide bonds. The second kappa shape index (κ2) is 5.88. The number of aromatic nitrogens is 2. The Morgan fingerprint density at radius 2 is 1.86 bits per heavy atom. The maximum atomic E-state index is 11.7. The molecule has 1 N–H and O–H groups in total. The van der Waals surface area contributed by atoms with Crippen LogP contribution in [0, 0.1) is 0 Å². The van der Waals surface area contributed by atoms with Crippen LogP contribution in [0.3, 0.4) is 0 Å². The van der Waals surface area contributed by atoms with E-state index in [0.717, 1.165) is 16.5 Å². The number of benzene rings is 1. The summed E-state index contributed by atoms with van der Waals surface area (Å²) in [6, 6.07) is 11.5. The average molecular weight is 307 g/mol. The first-order valence-electron chi connectivity index (χ1n) is 5.99. The molecule has 0 saturated carbocycles. The number of nitrogens with zero attached hydrogens (tertiary/aromatic N) is 2. The first-order valence-corrected chi connectivity index (χ1v) is 7.88. The molecule has 0 aliphatic heterocycles. The SMILES string of the molecule is CS(=O)(=O)NC(=O)c1ccc(=O)n(Cc2ccccc2)n1. The van der Waals surface area contributed by atoms with Crippen LogP contribution >= 0.6 is 0 Å². The molecule has 0 bridgehead atoms. The maximum absolute atomic E-state index is 11.7. The molecule has 1 aromatic carbocycles. The van der Waals surface area contributed by atoms with E-state index in [2.05, 4.69) is 5.10 Å². The fourth-order valence-electron chi connectivity index (χ4n) is 1.66. The Balaban J connectivity index is 2.29. The van der Waals surface area contributed by atoms with Crippen molar-refractivity contribution >= 4 is 15.9 Å². The summed E-state index contributed by atoms with van der Waals surface area (Å²) < 4.78 is 25.0. The minimum absolute atomic E-state index is 0.143. The number of hydrogen-bond acceptors (Lipinski definition) is 5. The molecule has 1 heterocycles. The average Bonchev–Trinajstić information content (AvgIpc) is 2.40. The summed E-state index contributed by atoms with van der Waals surface area (Å²) in [6.45, 7) is 0.194. The molecule has 7 nitrogen and oxygen atoms in total. The van der Waals surface area contributed by atoms with Gasteiger partial charge in [0.1, 0.15) is 5.69 Å². The number of amides is 1. The van der Waals surface area contributed by atoms with Crippen molar-refractivity contribution in [2.75, 3.05) is 6.26 Å². The fourth-order valence-corrected chi connectivity index (χ4v) is 2.10. The Morgan fingerprint density at radius 1 is 1.19 bits per heavy atom. The first-order chi connectivity index (χ1) is 9.85. The number of hydrogen-bond donors (Lipinski definition) is 1. The number of carbonyl (C=O) groups excluding carboxylic acids is 1. The Morgan fingerprint density at radius 3 is 2.48 bits per heavy atom. The topological polar surface area (TPSA) is 98.1 Å². The van der Waals surface area contributed by atoms with Gasteiger partial charge in [0.15, 0.2) is 0 Å². The lowest BCUT2D eigenvalue weighted by molar-refractivity contribution is 0.0974. The predicted molar refractivity (Wildman–Crippen MR) is 76.4 cm³/mol. The van der Waals surface area contributed by atoms with Crippen LogP contribution in [0.15, 0.2) is 47.3 Å². The van der Waals surface area contributed by atoms with Crippen molar-refractivity contribution in [3.8, 4) is 0 Å². The van der Waals surface area contributed by atoms with Gasteiger partial charge in [-0.2, -0.15) is 5.10 Å². The van der Waals surface area contributed by atoms with E-state index in [1.54, 1.807) is 4.72 Å². The Bertz CT molecular complexity index is 813. The van der Waals surface area contributed by atoms with Crippen molar-refractivity contribution in [3.63, 3.8) is 0 Å². The smallest absolute Gasteiger partial charge is 0.268 e. The van der Waals surface area contributed by atoms with Gasteiger partial charge in [-0.05, 0) is 11.6 Å². The molecular weight excluding hydrogens is 294 g/mol. The molecule has 1 aromatic heterocycles. The van der Waals surface area contributed by atoms with Crippen molar-refractivity contribution in [1.29, 1.82) is 0 Å². The highest BCUT2D eigenvalue weighted by Crippen LogP contribution is 2.00. The van der Waals surface area contributed by atoms with E-state index in [4.69, 9.17) is 0 Å². The number of rotatable bonds is 4. The molecule has 110 valence electrons. The zero-order valence-corrected chi connectivity index (χ0v) is 12.0. The van der Waals surface area contributed by atoms with Crippen LogP contribution in [-0.2, 0) is 16.6 Å². The number of carbonyl (C=O) groups is 1. The molecule has 0 unspecified atom stereocenters. The van der Waals surface area contributed by atoms with Crippen LogP contribution in [0.5, 0.6) is 0 Å². The Labute approximate surface area is 121 Å². The van der Waals surface area contributed by atoms with E-state index in [1.165, 1.54) is 12.1 Å². The first kappa shape index (κ1) is 14.9. The van der Waals surface area contributed by atoms with Crippen LogP contribution in [0.1, 0.15) is 16.1 Å². The van der Waals surface area contributed by atoms with Gasteiger partial charge in [-0.1, -0.05) is 30.3 Å². The number of nitrogens with one attached hydrogen (secondary N) is 1. The minimum atomic E-state index is -3.68. The van der Waals surface area contributed by atoms with Crippen LogP contribution < -0.4 is 10.3 Å². The van der Waals surface area contributed by atoms with Crippen molar-refractivity contribution in [3.05, 3.63) is 64.1 Å². The molecule has 2 rings (SSSR count). The van der Waals surface area contributed by atoms with E-state index in [0.29, 0.717) is 0 Å². The van der Waals surface area contributed by atoms with Gasteiger partial charge >= 0.3 is 0 Å². The molecule has 0 fully saturated rings. The van der Waals surface area contributed by atoms with Crippen molar-refractivity contribution in [2.45, 2.75) is 6.54 Å². The highest BCUT2D eigenvalue weighted by atomic mass is 32.2. The highest BCUT2D eigenvalue weighted by molar-refractivity contribution is 7.89. The summed E-state index contributed by atoms with van der Waals surface area (Å²) in [5, 5.41) is 3.88. The summed E-state index contributed by atoms with van der Waals surface area (Å²) in [6.07, 6.45) is 0.866. The highest BCUT2D eigenvalue weighted by Gasteiger charge is 2.14. The molecular formula is C13H13N3O4S. The summed E-state index contributed by atoms with van der Waals surface area (Å²) in [4.78, 5) is 23.4. The second-order valence-corrected chi connectivity index (χ2v) is 6.15. The molecule has 2 aromatic rings. The van der Waals surface area contributed by atoms with E-state index in [9.17, 15) is 18.0 Å². The third kappa shape index (κ3) is 4.25. The molecule has 0 atom stereocenters. The van der Waals surface area contributed by atoms with E-state index < -0.39 is 15.9 Å². The van der Waals surface area contributed by atoms with Gasteiger partial charge in [0.2, 0.25) is 10.0 Å². The van der Waals surface area contributed by atoms with Gasteiger partial charge in [0.25, 0.3) is 11.5 Å². The van der Waals surface area contributed by atoms with Gasteiger partial charge in [0, 0.05) is 6.07 Å². The van der Waals surface area contributed by atoms with Gasteiger partial charge < -0.3 is 0 Å². The van der Waals surface area contributed by atoms with Crippen molar-refractivity contribution < 1.29 is 13.2 Å². The molecule has 0 radical (unpaired) electrons. The lowest BCUT2D eigenvalue weighted by atomic mass is 10.2. The lowest BCUT2D eigenvalue weighted by Crippen LogP contribution is -2.33. The lowest BCUT2D eigenvalue weighted by Gasteiger charge is -2.07. The third-order valence-corrected chi connectivity index (χ3v) is 3.11. The number of sulfonamides is 1. The van der Waals surface area contributed by atoms with Gasteiger partial charge in [0.05, 0.1) is 12.8 Å². The molecule has 21 heavy (non-hydrogen) atoms. The van der Waals surface area contributed by atoms with E-state index >= 15 is 0 Å². The zero-order chi connectivity index (χ0) is 15.5. The van der Waals surface area contributed by atoms with Crippen LogP contribution in [-0.4, -0.2) is 30.4 Å². The van der Waals surface area contributed by atoms with Crippen molar-refractivity contribution in [1.82, 2.24) is 14.5 Å². The molecule has 0 saturated heterocycles. The maximum Gasteiger partial charge on any atom is 0.285 e. The largest absolute Gasteiger partial charge is 0.285 e. The fraction of sp³-hybridized carbons (Fsp3) is 0.154. The molecule has 0 aliphatic carbocycles. The Kier molecular flexibility index (Phi) is 4.18. The van der Waals surface area contributed by atoms with Crippen molar-refractivity contribution in [2.24, 2.45) is 0 Å². The van der Waals surface area contributed by atoms with Crippen LogP contribution in [0.25, 0.3) is 0 Å². The summed E-state index contributed by atoms with van der Waals surface area (Å²) in [5.41, 5.74) is 0.318. The summed E-state index contributed by atoms with van der Waals surface area (Å²) in [5.74, 6) is -0.876. The second-order valence-electron chi connectivity index (χ2n) is 4.40. The molecule has 0 spiro atoms. The monoisotopic (exact) mass is 307 g/mol. The standard InChI is InChI=1S/C13H13N3O4S/c1-21(19,20)15-13(18)11-7-8-12(17)16(14-11)9-10-5-3-2-4-6-10/h2-8H,9H2,1H3,(H,15,18). The van der Waals surface area contributed by atoms with Gasteiger partial charge in [-0.25, -0.2) is 17.8 Å². The normalized spacial score (nSPS) is 11.1. The summed E-state index contributed by atoms with van der Waals surface area (Å²) >= 11 is 0. The summed E-state index contributed by atoms with van der Waals surface area (Å²) in [7, 11) is -3.68. The quantitative estimate of drug-likeness (QED) is 0.856. The van der Waals surface area contributed by atoms with E-state index in [1.807, 2.05) is 30.3 Å². The van der Waals surface area contributed by atoms with Crippen LogP contribution in [0.2, 0.25) is 0 Å². The molecule has 0 aliphatic rings. The van der Waals surface area contributed by atoms with Gasteiger partial charge in [-0.3, -0.25) is 9.59 Å². The predicted octanol–water partition coefficient (Wildman–Crippen LogP) is -0.0190. The van der Waals surface area contributed by atoms with Crippen LogP contribution in [0.4, 0.5) is 0 Å². The minimum Gasteiger partial charge on any atom is -0.268 e. The zero-order valence-electron chi connectivity index (χ0n) is 11.2. The Hall–Kier alpha value is -2.48. The third-order valence-electron chi connectivity index (χ3n) is 2.55. The van der Waals surface area contributed by atoms with Gasteiger partial charge in [-0.15, -0.1) is 0 Å². The molecule has 8 heteroatoms.